The first-order valence-corrected chi connectivity index (χ1v) is 14.1. The van der Waals surface area contributed by atoms with Crippen molar-refractivity contribution in [2.45, 2.75) is 44.0 Å². The third-order valence-electron chi connectivity index (χ3n) is 7.21. The Kier molecular flexibility index (Phi) is 10.4. The highest BCUT2D eigenvalue weighted by Gasteiger charge is 2.19. The quantitative estimate of drug-likeness (QED) is 0.262. The zero-order valence-corrected chi connectivity index (χ0v) is 24.4. The summed E-state index contributed by atoms with van der Waals surface area (Å²) in [6.45, 7) is 7.75. The molecule has 1 fully saturated rings. The Morgan fingerprint density at radius 1 is 0.949 bits per heavy atom. The third-order valence-corrected chi connectivity index (χ3v) is 7.51. The van der Waals surface area contributed by atoms with E-state index in [1.165, 1.54) is 42.8 Å². The van der Waals surface area contributed by atoms with Crippen molar-refractivity contribution >= 4 is 35.8 Å². The molecule has 1 saturated heterocycles. The minimum Gasteiger partial charge on any atom is -0.354 e. The number of piperidine rings is 1. The molecule has 0 spiro atoms. The number of anilines is 4. The van der Waals surface area contributed by atoms with Crippen LogP contribution in [0.1, 0.15) is 30.4 Å². The fraction of sp³-hybridized carbons (Fsp3) is 0.355. The number of aromatic nitrogens is 2. The average molecular weight is 544 g/mol. The van der Waals surface area contributed by atoms with Crippen molar-refractivity contribution in [1.82, 2.24) is 25.1 Å². The van der Waals surface area contributed by atoms with Crippen LogP contribution in [0.2, 0.25) is 0 Å². The van der Waals surface area contributed by atoms with E-state index < -0.39 is 0 Å². The van der Waals surface area contributed by atoms with Gasteiger partial charge in [0.25, 0.3) is 0 Å². The molecule has 2 aliphatic heterocycles. The Balaban J connectivity index is 0.000000193. The number of nitrogens with one attached hydrogen (secondary N) is 3. The fourth-order valence-corrected chi connectivity index (χ4v) is 4.73. The van der Waals surface area contributed by atoms with Gasteiger partial charge < -0.3 is 20.9 Å². The van der Waals surface area contributed by atoms with Gasteiger partial charge >= 0.3 is 0 Å². The highest BCUT2D eigenvalue weighted by atomic mass is 32.1. The summed E-state index contributed by atoms with van der Waals surface area (Å²) in [5.74, 6) is 1.29. The van der Waals surface area contributed by atoms with Crippen LogP contribution < -0.4 is 16.0 Å². The van der Waals surface area contributed by atoms with E-state index in [1.54, 1.807) is 6.20 Å². The third kappa shape index (κ3) is 8.85. The van der Waals surface area contributed by atoms with Gasteiger partial charge in [0.15, 0.2) is 0 Å². The number of rotatable bonds is 7. The largest absolute Gasteiger partial charge is 0.354 e. The molecule has 3 aromatic rings. The van der Waals surface area contributed by atoms with Crippen molar-refractivity contribution in [3.8, 4) is 0 Å². The maximum absolute atomic E-state index is 4.49. The van der Waals surface area contributed by atoms with Crippen LogP contribution >= 0.6 is 12.6 Å². The smallest absolute Gasteiger partial charge is 0.229 e. The Hall–Kier alpha value is -3.33. The normalized spacial score (nSPS) is 15.8. The molecular formula is C31H41N7S. The maximum Gasteiger partial charge on any atom is 0.229 e. The molecule has 0 radical (unpaired) electrons. The van der Waals surface area contributed by atoms with E-state index in [1.807, 2.05) is 36.4 Å². The van der Waals surface area contributed by atoms with Gasteiger partial charge in [-0.25, -0.2) is 4.98 Å². The second-order valence-electron chi connectivity index (χ2n) is 10.1. The molecule has 2 aliphatic rings. The maximum atomic E-state index is 4.49. The van der Waals surface area contributed by atoms with Gasteiger partial charge in [-0.15, -0.1) is 12.6 Å². The molecule has 8 heteroatoms. The van der Waals surface area contributed by atoms with Crippen LogP contribution in [0, 0.1) is 13.8 Å². The molecule has 3 heterocycles. The molecule has 206 valence electrons. The van der Waals surface area contributed by atoms with Gasteiger partial charge in [-0.2, -0.15) is 4.98 Å². The van der Waals surface area contributed by atoms with Crippen molar-refractivity contribution in [2.24, 2.45) is 0 Å². The first-order chi connectivity index (χ1) is 18.9. The highest BCUT2D eigenvalue weighted by molar-refractivity contribution is 7.80. The predicted molar refractivity (Wildman–Crippen MR) is 166 cm³/mol. The lowest BCUT2D eigenvalue weighted by Gasteiger charge is -2.34. The number of hydrogen-bond acceptors (Lipinski definition) is 8. The molecule has 39 heavy (non-hydrogen) atoms. The van der Waals surface area contributed by atoms with Gasteiger partial charge in [-0.05, 0) is 99.9 Å². The summed E-state index contributed by atoms with van der Waals surface area (Å²) in [5, 5.41) is 9.86. The van der Waals surface area contributed by atoms with Crippen molar-refractivity contribution < 1.29 is 0 Å². The summed E-state index contributed by atoms with van der Waals surface area (Å²) >= 11 is 4.28. The van der Waals surface area contributed by atoms with Gasteiger partial charge in [0.2, 0.25) is 5.95 Å². The standard InChI is InChI=1S/C18H18N4S.C13H23N3/c1-12-3-4-15(11-13(12)2)20-17-9-10-19-18(22-17)21-14-5-7-16(23)8-6-14;1-14-12-6-9-16(10-7-12)11-13-5-3-4-8-15(13)2/h3-11,23H,1-2H3,(H2,19,20,21,22);4-5,8,12,14H,3,6-7,9-11H2,1-2H3. The zero-order valence-electron chi connectivity index (χ0n) is 23.5. The summed E-state index contributed by atoms with van der Waals surface area (Å²) in [4.78, 5) is 14.5. The number of benzene rings is 2. The number of hydrogen-bond donors (Lipinski definition) is 4. The monoisotopic (exact) mass is 543 g/mol. The van der Waals surface area contributed by atoms with E-state index >= 15 is 0 Å². The van der Waals surface area contributed by atoms with Crippen molar-refractivity contribution in [3.05, 3.63) is 89.9 Å². The molecule has 7 nitrogen and oxygen atoms in total. The molecular weight excluding hydrogens is 502 g/mol. The summed E-state index contributed by atoms with van der Waals surface area (Å²) in [6.07, 6.45) is 12.1. The fourth-order valence-electron chi connectivity index (χ4n) is 4.58. The number of aryl methyl sites for hydroxylation is 2. The van der Waals surface area contributed by atoms with E-state index in [-0.39, 0.29) is 0 Å². The SMILES string of the molecule is CNC1CCN(CC2=CCC=CN2C)CC1.Cc1ccc(Nc2ccnc(Nc3ccc(S)cc3)n2)cc1C. The number of likely N-dealkylation sites (tertiary alicyclic amines) is 1. The summed E-state index contributed by atoms with van der Waals surface area (Å²) in [5.41, 5.74) is 5.90. The molecule has 0 bridgehead atoms. The number of allylic oxidation sites excluding steroid dienone is 2. The molecule has 3 N–H and O–H groups in total. The first kappa shape index (κ1) is 28.7. The number of likely N-dealkylation sites (N-methyl/N-ethyl adjacent to an activating group) is 1. The van der Waals surface area contributed by atoms with Gasteiger partial charge in [0.05, 0.1) is 0 Å². The van der Waals surface area contributed by atoms with Gasteiger partial charge in [-0.3, -0.25) is 4.90 Å². The lowest BCUT2D eigenvalue weighted by molar-refractivity contribution is 0.206. The van der Waals surface area contributed by atoms with Crippen molar-refractivity contribution in [2.75, 3.05) is 44.4 Å². The predicted octanol–water partition coefficient (Wildman–Crippen LogP) is 6.27. The van der Waals surface area contributed by atoms with Crippen molar-refractivity contribution in [1.29, 1.82) is 0 Å². The van der Waals surface area contributed by atoms with Crippen LogP contribution in [0.3, 0.4) is 0 Å². The Morgan fingerprint density at radius 3 is 2.38 bits per heavy atom. The van der Waals surface area contributed by atoms with E-state index in [0.717, 1.165) is 41.1 Å². The summed E-state index contributed by atoms with van der Waals surface area (Å²) in [6, 6.07) is 16.5. The molecule has 2 aromatic carbocycles. The van der Waals surface area contributed by atoms with E-state index in [4.69, 9.17) is 0 Å². The van der Waals surface area contributed by atoms with Crippen LogP contribution in [-0.4, -0.2) is 59.5 Å². The molecule has 0 saturated carbocycles. The van der Waals surface area contributed by atoms with E-state index in [2.05, 4.69) is 107 Å². The van der Waals surface area contributed by atoms with E-state index in [9.17, 15) is 0 Å². The van der Waals surface area contributed by atoms with Crippen molar-refractivity contribution in [3.63, 3.8) is 0 Å². The molecule has 0 amide bonds. The molecule has 1 aromatic heterocycles. The van der Waals surface area contributed by atoms with Crippen LogP contribution in [0.5, 0.6) is 0 Å². The minimum atomic E-state index is 0.547. The molecule has 0 aliphatic carbocycles. The Bertz CT molecular complexity index is 1260. The van der Waals surface area contributed by atoms with Gasteiger partial charge in [-0.1, -0.05) is 18.2 Å². The van der Waals surface area contributed by atoms with E-state index in [0.29, 0.717) is 5.95 Å². The van der Waals surface area contributed by atoms with Crippen LogP contribution in [0.15, 0.2) is 83.7 Å². The Morgan fingerprint density at radius 2 is 1.69 bits per heavy atom. The second-order valence-corrected chi connectivity index (χ2v) is 10.6. The Labute approximate surface area is 238 Å². The molecule has 0 unspecified atom stereocenters. The second kappa shape index (κ2) is 14.2. The van der Waals surface area contributed by atoms with Gasteiger partial charge in [0.1, 0.15) is 5.82 Å². The van der Waals surface area contributed by atoms with Crippen LogP contribution in [0.4, 0.5) is 23.1 Å². The summed E-state index contributed by atoms with van der Waals surface area (Å²) in [7, 11) is 4.21. The average Bonchev–Trinajstić information content (AvgIpc) is 2.94. The topological polar surface area (TPSA) is 68.3 Å². The number of thiol groups is 1. The lowest BCUT2D eigenvalue weighted by Crippen LogP contribution is -2.42. The molecule has 5 rings (SSSR count). The van der Waals surface area contributed by atoms with Crippen LogP contribution in [-0.2, 0) is 0 Å². The first-order valence-electron chi connectivity index (χ1n) is 13.6. The summed E-state index contributed by atoms with van der Waals surface area (Å²) < 4.78 is 0. The highest BCUT2D eigenvalue weighted by Crippen LogP contribution is 2.21. The minimum absolute atomic E-state index is 0.547. The van der Waals surface area contributed by atoms with Gasteiger partial charge in [0, 0.05) is 60.9 Å². The molecule has 0 atom stereocenters. The lowest BCUT2D eigenvalue weighted by atomic mass is 10.0. The van der Waals surface area contributed by atoms with Crippen LogP contribution in [0.25, 0.3) is 0 Å². The zero-order chi connectivity index (χ0) is 27.6. The number of nitrogens with zero attached hydrogens (tertiary/aromatic N) is 4.